The van der Waals surface area contributed by atoms with Crippen molar-refractivity contribution < 1.29 is 19.8 Å². The highest BCUT2D eigenvalue weighted by Crippen LogP contribution is 2.01. The predicted molar refractivity (Wildman–Crippen MR) is 59.1 cm³/mol. The number of carbonyl (C=O) groups excluding carboxylic acids is 1. The van der Waals surface area contributed by atoms with Crippen molar-refractivity contribution in [1.82, 2.24) is 10.6 Å². The minimum absolute atomic E-state index is 0.502. The van der Waals surface area contributed by atoms with Gasteiger partial charge < -0.3 is 20.8 Å². The van der Waals surface area contributed by atoms with Crippen molar-refractivity contribution in [2.24, 2.45) is 5.92 Å². The van der Waals surface area contributed by atoms with E-state index in [1.807, 2.05) is 0 Å². The smallest absolute Gasteiger partial charge is 0.328 e. The Morgan fingerprint density at radius 3 is 2.38 bits per heavy atom. The molecule has 0 saturated heterocycles. The molecule has 0 spiro atoms. The van der Waals surface area contributed by atoms with Crippen molar-refractivity contribution in [3.05, 3.63) is 0 Å². The average molecular weight is 232 g/mol. The summed E-state index contributed by atoms with van der Waals surface area (Å²) >= 11 is 0. The van der Waals surface area contributed by atoms with E-state index in [9.17, 15) is 9.59 Å². The van der Waals surface area contributed by atoms with Gasteiger partial charge in [0.25, 0.3) is 0 Å². The summed E-state index contributed by atoms with van der Waals surface area (Å²) in [6.45, 7) is 4.06. The molecule has 16 heavy (non-hydrogen) atoms. The maximum atomic E-state index is 11.2. The zero-order valence-electron chi connectivity index (χ0n) is 9.69. The maximum absolute atomic E-state index is 11.2. The van der Waals surface area contributed by atoms with Gasteiger partial charge in [0.2, 0.25) is 0 Å². The number of rotatable bonds is 7. The van der Waals surface area contributed by atoms with Crippen LogP contribution in [0.3, 0.4) is 0 Å². The van der Waals surface area contributed by atoms with Crippen LogP contribution in [-0.2, 0) is 4.79 Å². The summed E-state index contributed by atoms with van der Waals surface area (Å²) in [6, 6.07) is -1.81. The summed E-state index contributed by atoms with van der Waals surface area (Å²) in [6.07, 6.45) is 1.85. The molecule has 1 atom stereocenters. The zero-order valence-corrected chi connectivity index (χ0v) is 9.69. The van der Waals surface area contributed by atoms with Crippen LogP contribution in [0.2, 0.25) is 0 Å². The average Bonchev–Trinajstić information content (AvgIpc) is 2.20. The van der Waals surface area contributed by atoms with Crippen LogP contribution >= 0.6 is 0 Å². The number of carbonyl (C=O) groups is 2. The number of urea groups is 1. The molecule has 0 aromatic rings. The first-order chi connectivity index (χ1) is 7.47. The van der Waals surface area contributed by atoms with Gasteiger partial charge in [-0.05, 0) is 18.8 Å². The summed E-state index contributed by atoms with van der Waals surface area (Å²) in [5.74, 6) is -0.672. The number of carboxylic acids is 1. The van der Waals surface area contributed by atoms with Crippen LogP contribution < -0.4 is 10.6 Å². The molecule has 0 fully saturated rings. The molecule has 0 bridgehead atoms. The van der Waals surface area contributed by atoms with E-state index in [1.165, 1.54) is 0 Å². The lowest BCUT2D eigenvalue weighted by atomic mass is 10.1. The number of aliphatic hydroxyl groups is 1. The van der Waals surface area contributed by atoms with Crippen LogP contribution in [-0.4, -0.2) is 41.4 Å². The van der Waals surface area contributed by atoms with E-state index in [0.29, 0.717) is 12.5 Å². The Bertz CT molecular complexity index is 231. The van der Waals surface area contributed by atoms with E-state index in [4.69, 9.17) is 10.2 Å². The number of hydrogen-bond donors (Lipinski definition) is 4. The molecule has 0 unspecified atom stereocenters. The highest BCUT2D eigenvalue weighted by Gasteiger charge is 2.17. The number of carboxylic acid groups (broad SMARTS) is 1. The molecule has 0 aliphatic heterocycles. The first-order valence-electron chi connectivity index (χ1n) is 5.35. The Morgan fingerprint density at radius 1 is 1.31 bits per heavy atom. The molecule has 6 nitrogen and oxygen atoms in total. The molecule has 0 rings (SSSR count). The molecule has 4 N–H and O–H groups in total. The maximum Gasteiger partial charge on any atom is 0.328 e. The van der Waals surface area contributed by atoms with Crippen LogP contribution in [0.4, 0.5) is 4.79 Å². The fraction of sp³-hybridized carbons (Fsp3) is 0.800. The van der Waals surface area contributed by atoms with E-state index in [1.54, 1.807) is 0 Å². The molecular formula is C10H20N2O4. The van der Waals surface area contributed by atoms with Crippen LogP contribution in [0.5, 0.6) is 0 Å². The van der Waals surface area contributed by atoms with Gasteiger partial charge in [0.15, 0.2) is 6.04 Å². The number of hydrogen-bond acceptors (Lipinski definition) is 3. The third-order valence-electron chi connectivity index (χ3n) is 2.03. The Labute approximate surface area is 95.0 Å². The summed E-state index contributed by atoms with van der Waals surface area (Å²) in [5.41, 5.74) is 0. The third-order valence-corrected chi connectivity index (χ3v) is 2.03. The molecule has 0 aliphatic carbocycles. The normalized spacial score (nSPS) is 12.2. The van der Waals surface area contributed by atoms with E-state index in [2.05, 4.69) is 24.5 Å². The van der Waals surface area contributed by atoms with Crippen molar-refractivity contribution >= 4 is 12.0 Å². The lowest BCUT2D eigenvalue weighted by Crippen LogP contribution is -2.48. The predicted octanol–water partition coefficient (Wildman–Crippen LogP) is 0.167. The van der Waals surface area contributed by atoms with Gasteiger partial charge in [0, 0.05) is 6.54 Å². The summed E-state index contributed by atoms with van der Waals surface area (Å²) in [4.78, 5) is 21.6. The van der Waals surface area contributed by atoms with Gasteiger partial charge in [-0.1, -0.05) is 13.8 Å². The minimum Gasteiger partial charge on any atom is -0.480 e. The number of nitrogens with one attached hydrogen (secondary N) is 2. The molecule has 0 saturated carbocycles. The molecule has 6 heteroatoms. The minimum atomic E-state index is -1.25. The van der Waals surface area contributed by atoms with Crippen molar-refractivity contribution in [2.75, 3.05) is 13.2 Å². The molecule has 0 radical (unpaired) electrons. The van der Waals surface area contributed by atoms with Gasteiger partial charge >= 0.3 is 12.0 Å². The molecule has 0 aromatic carbocycles. The van der Waals surface area contributed by atoms with Crippen molar-refractivity contribution in [3.63, 3.8) is 0 Å². The SMILES string of the molecule is CC(C)CCCNC(=O)N[C@@H](CO)C(=O)O. The second kappa shape index (κ2) is 7.92. The molecule has 0 heterocycles. The summed E-state index contributed by atoms with van der Waals surface area (Å²) in [7, 11) is 0. The lowest BCUT2D eigenvalue weighted by molar-refractivity contribution is -0.140. The van der Waals surface area contributed by atoms with E-state index < -0.39 is 24.6 Å². The molecule has 94 valence electrons. The van der Waals surface area contributed by atoms with Gasteiger partial charge in [-0.2, -0.15) is 0 Å². The highest BCUT2D eigenvalue weighted by atomic mass is 16.4. The Kier molecular flexibility index (Phi) is 7.28. The first kappa shape index (κ1) is 14.7. The fourth-order valence-corrected chi connectivity index (χ4v) is 1.11. The Hall–Kier alpha value is -1.30. The fourth-order valence-electron chi connectivity index (χ4n) is 1.11. The standard InChI is InChI=1S/C10H20N2O4/c1-7(2)4-3-5-11-10(16)12-8(6-13)9(14)15/h7-8,13H,3-6H2,1-2H3,(H,14,15)(H2,11,12,16)/t8-/m0/s1. The number of aliphatic hydroxyl groups excluding tert-OH is 1. The second-order valence-electron chi connectivity index (χ2n) is 4.01. The van der Waals surface area contributed by atoms with E-state index in [-0.39, 0.29) is 0 Å². The van der Waals surface area contributed by atoms with Crippen molar-refractivity contribution in [1.29, 1.82) is 0 Å². The lowest BCUT2D eigenvalue weighted by Gasteiger charge is -2.12. The Balaban J connectivity index is 3.69. The Morgan fingerprint density at radius 2 is 1.94 bits per heavy atom. The van der Waals surface area contributed by atoms with Crippen molar-refractivity contribution in [3.8, 4) is 0 Å². The quantitative estimate of drug-likeness (QED) is 0.470. The van der Waals surface area contributed by atoms with Crippen molar-refractivity contribution in [2.45, 2.75) is 32.7 Å². The first-order valence-corrected chi connectivity index (χ1v) is 5.35. The van der Waals surface area contributed by atoms with E-state index >= 15 is 0 Å². The molecule has 0 aliphatic rings. The third kappa shape index (κ3) is 7.05. The number of amides is 2. The molecule has 0 aromatic heterocycles. The van der Waals surface area contributed by atoms with Gasteiger partial charge in [-0.15, -0.1) is 0 Å². The van der Waals surface area contributed by atoms with Gasteiger partial charge in [-0.3, -0.25) is 0 Å². The van der Waals surface area contributed by atoms with Crippen LogP contribution in [0, 0.1) is 5.92 Å². The van der Waals surface area contributed by atoms with E-state index in [0.717, 1.165) is 12.8 Å². The molecule has 2 amide bonds. The van der Waals surface area contributed by atoms with Crippen LogP contribution in [0.1, 0.15) is 26.7 Å². The van der Waals surface area contributed by atoms with Crippen LogP contribution in [0.25, 0.3) is 0 Å². The summed E-state index contributed by atoms with van der Waals surface area (Å²) in [5, 5.41) is 21.9. The monoisotopic (exact) mass is 232 g/mol. The zero-order chi connectivity index (χ0) is 12.6. The largest absolute Gasteiger partial charge is 0.480 e. The van der Waals surface area contributed by atoms with Gasteiger partial charge in [0.05, 0.1) is 6.61 Å². The number of aliphatic carboxylic acids is 1. The highest BCUT2D eigenvalue weighted by molar-refractivity contribution is 5.82. The van der Waals surface area contributed by atoms with Crippen LogP contribution in [0.15, 0.2) is 0 Å². The summed E-state index contributed by atoms with van der Waals surface area (Å²) < 4.78 is 0. The van der Waals surface area contributed by atoms with Gasteiger partial charge in [-0.25, -0.2) is 9.59 Å². The second-order valence-corrected chi connectivity index (χ2v) is 4.01. The molecular weight excluding hydrogens is 212 g/mol. The van der Waals surface area contributed by atoms with Gasteiger partial charge in [0.1, 0.15) is 0 Å². The topological polar surface area (TPSA) is 98.7 Å².